The van der Waals surface area contributed by atoms with Gasteiger partial charge in [-0.1, -0.05) is 37.3 Å². The molecule has 0 aliphatic carbocycles. The lowest BCUT2D eigenvalue weighted by molar-refractivity contribution is -0.141. The van der Waals surface area contributed by atoms with E-state index < -0.39 is 29.7 Å². The Morgan fingerprint density at radius 3 is 2.36 bits per heavy atom. The molecule has 0 saturated heterocycles. The van der Waals surface area contributed by atoms with Gasteiger partial charge in [-0.15, -0.1) is 0 Å². The van der Waals surface area contributed by atoms with Crippen molar-refractivity contribution in [2.24, 2.45) is 5.92 Å². The van der Waals surface area contributed by atoms with Crippen LogP contribution >= 0.6 is 0 Å². The van der Waals surface area contributed by atoms with Crippen molar-refractivity contribution in [3.63, 3.8) is 0 Å². The molecule has 6 nitrogen and oxygen atoms in total. The third-order valence-electron chi connectivity index (χ3n) is 4.30. The molecular formula is C21H24FNO5. The van der Waals surface area contributed by atoms with Crippen LogP contribution in [0.5, 0.6) is 11.5 Å². The molecule has 7 heteroatoms. The number of halogens is 1. The Bertz CT molecular complexity index is 811. The van der Waals surface area contributed by atoms with E-state index in [0.717, 1.165) is 5.56 Å². The maximum Gasteiger partial charge on any atom is 0.308 e. The van der Waals surface area contributed by atoms with Crippen molar-refractivity contribution in [3.8, 4) is 11.5 Å². The molecule has 0 aromatic heterocycles. The fourth-order valence-electron chi connectivity index (χ4n) is 2.74. The molecule has 0 saturated carbocycles. The number of carboxylic acid groups (broad SMARTS) is 1. The summed E-state index contributed by atoms with van der Waals surface area (Å²) in [6.07, 6.45) is -0.410. The minimum atomic E-state index is -1.03. The molecule has 2 aromatic rings. The largest absolute Gasteiger partial charge is 0.496 e. The van der Waals surface area contributed by atoms with E-state index in [9.17, 15) is 19.1 Å². The topological polar surface area (TPSA) is 84.9 Å². The Kier molecular flexibility index (Phi) is 7.80. The number of carbonyl (C=O) groups excluding carboxylic acids is 1. The number of amides is 1. The van der Waals surface area contributed by atoms with Crippen LogP contribution in [0.4, 0.5) is 4.39 Å². The van der Waals surface area contributed by atoms with Gasteiger partial charge in [-0.2, -0.15) is 0 Å². The van der Waals surface area contributed by atoms with Crippen LogP contribution in [0.25, 0.3) is 0 Å². The summed E-state index contributed by atoms with van der Waals surface area (Å²) in [6, 6.07) is 12.9. The monoisotopic (exact) mass is 389 g/mol. The molecule has 0 aliphatic heterocycles. The van der Waals surface area contributed by atoms with Crippen LogP contribution in [-0.4, -0.2) is 36.7 Å². The lowest BCUT2D eigenvalue weighted by Crippen LogP contribution is -2.42. The van der Waals surface area contributed by atoms with Gasteiger partial charge in [0.2, 0.25) is 0 Å². The number of methoxy groups -OCH3 is 1. The Morgan fingerprint density at radius 2 is 1.75 bits per heavy atom. The highest BCUT2D eigenvalue weighted by Gasteiger charge is 2.24. The molecule has 150 valence electrons. The fourth-order valence-corrected chi connectivity index (χ4v) is 2.74. The molecule has 0 spiro atoms. The zero-order valence-corrected chi connectivity index (χ0v) is 15.9. The predicted molar refractivity (Wildman–Crippen MR) is 102 cm³/mol. The van der Waals surface area contributed by atoms with Gasteiger partial charge in [0.1, 0.15) is 5.75 Å². The van der Waals surface area contributed by atoms with Crippen LogP contribution in [-0.2, 0) is 16.0 Å². The Morgan fingerprint density at radius 1 is 1.11 bits per heavy atom. The molecule has 2 unspecified atom stereocenters. The van der Waals surface area contributed by atoms with E-state index in [-0.39, 0.29) is 18.7 Å². The third kappa shape index (κ3) is 5.70. The molecule has 0 aliphatic rings. The van der Waals surface area contributed by atoms with E-state index in [0.29, 0.717) is 12.2 Å². The van der Waals surface area contributed by atoms with Crippen LogP contribution < -0.4 is 14.8 Å². The smallest absolute Gasteiger partial charge is 0.308 e. The molecule has 0 heterocycles. The summed E-state index contributed by atoms with van der Waals surface area (Å²) in [4.78, 5) is 24.0. The van der Waals surface area contributed by atoms with Crippen molar-refractivity contribution in [1.29, 1.82) is 0 Å². The number of hydrogen-bond acceptors (Lipinski definition) is 4. The van der Waals surface area contributed by atoms with Gasteiger partial charge >= 0.3 is 5.97 Å². The van der Waals surface area contributed by atoms with Gasteiger partial charge in [-0.25, -0.2) is 4.39 Å². The lowest BCUT2D eigenvalue weighted by atomic mass is 9.98. The number of nitrogens with one attached hydrogen (secondary N) is 1. The zero-order valence-electron chi connectivity index (χ0n) is 15.9. The highest BCUT2D eigenvalue weighted by molar-refractivity contribution is 5.82. The quantitative estimate of drug-likeness (QED) is 0.652. The summed E-state index contributed by atoms with van der Waals surface area (Å²) in [6.45, 7) is 1.65. The maximum absolute atomic E-state index is 13.7. The molecule has 2 rings (SSSR count). The molecule has 2 atom stereocenters. The van der Waals surface area contributed by atoms with Crippen molar-refractivity contribution in [2.75, 3.05) is 13.7 Å². The van der Waals surface area contributed by atoms with E-state index in [1.165, 1.54) is 25.3 Å². The first kappa shape index (κ1) is 21.2. The van der Waals surface area contributed by atoms with E-state index in [1.54, 1.807) is 37.3 Å². The Labute approximate surface area is 163 Å². The SMILES string of the molecule is CCC(Oc1ccccc1F)C(=O)NCC(Cc1ccccc1OC)C(=O)O. The molecule has 1 amide bonds. The normalized spacial score (nSPS) is 12.7. The zero-order chi connectivity index (χ0) is 20.5. The fraction of sp³-hybridized carbons (Fsp3) is 0.333. The number of carboxylic acids is 1. The van der Waals surface area contributed by atoms with Crippen LogP contribution in [0.2, 0.25) is 0 Å². The highest BCUT2D eigenvalue weighted by Crippen LogP contribution is 2.21. The number of rotatable bonds is 10. The second-order valence-corrected chi connectivity index (χ2v) is 6.24. The molecule has 2 N–H and O–H groups in total. The van der Waals surface area contributed by atoms with Crippen molar-refractivity contribution in [2.45, 2.75) is 25.9 Å². The van der Waals surface area contributed by atoms with Crippen molar-refractivity contribution >= 4 is 11.9 Å². The molecule has 0 fully saturated rings. The van der Waals surface area contributed by atoms with Crippen LogP contribution in [0.3, 0.4) is 0 Å². The summed E-state index contributed by atoms with van der Waals surface area (Å²) in [5.41, 5.74) is 0.737. The molecular weight excluding hydrogens is 365 g/mol. The second-order valence-electron chi connectivity index (χ2n) is 6.24. The molecule has 2 aromatic carbocycles. The summed E-state index contributed by atoms with van der Waals surface area (Å²) >= 11 is 0. The van der Waals surface area contributed by atoms with Crippen molar-refractivity contribution in [1.82, 2.24) is 5.32 Å². The highest BCUT2D eigenvalue weighted by atomic mass is 19.1. The molecule has 0 bridgehead atoms. The van der Waals surface area contributed by atoms with Gasteiger partial charge in [0.05, 0.1) is 13.0 Å². The van der Waals surface area contributed by atoms with Crippen LogP contribution in [0, 0.1) is 11.7 Å². The number of benzene rings is 2. The summed E-state index contributed by atoms with van der Waals surface area (Å²) in [7, 11) is 1.52. The predicted octanol–water partition coefficient (Wildman–Crippen LogP) is 3.05. The van der Waals surface area contributed by atoms with Crippen LogP contribution in [0.15, 0.2) is 48.5 Å². The average molecular weight is 389 g/mol. The van der Waals surface area contributed by atoms with E-state index in [4.69, 9.17) is 9.47 Å². The van der Waals surface area contributed by atoms with Gasteiger partial charge < -0.3 is 19.9 Å². The minimum Gasteiger partial charge on any atom is -0.496 e. The van der Waals surface area contributed by atoms with E-state index in [1.807, 2.05) is 0 Å². The standard InChI is InChI=1S/C21H24FNO5/c1-3-17(28-19-11-7-5-9-16(19)22)20(24)23-13-15(21(25)26)12-14-8-4-6-10-18(14)27-2/h4-11,15,17H,3,12-13H2,1-2H3,(H,23,24)(H,25,26). The summed E-state index contributed by atoms with van der Waals surface area (Å²) in [5, 5.41) is 12.1. The average Bonchev–Trinajstić information content (AvgIpc) is 2.70. The Balaban J connectivity index is 2.00. The van der Waals surface area contributed by atoms with Gasteiger partial charge in [-0.05, 0) is 36.6 Å². The van der Waals surface area contributed by atoms with E-state index in [2.05, 4.69) is 5.32 Å². The number of hydrogen-bond donors (Lipinski definition) is 2. The number of para-hydroxylation sites is 2. The van der Waals surface area contributed by atoms with E-state index >= 15 is 0 Å². The number of aliphatic carboxylic acids is 1. The maximum atomic E-state index is 13.7. The first-order valence-corrected chi connectivity index (χ1v) is 8.99. The molecule has 28 heavy (non-hydrogen) atoms. The van der Waals surface area contributed by atoms with Gasteiger partial charge in [0.25, 0.3) is 5.91 Å². The minimum absolute atomic E-state index is 0.0201. The Hall–Kier alpha value is -3.09. The summed E-state index contributed by atoms with van der Waals surface area (Å²) in [5.74, 6) is -2.35. The van der Waals surface area contributed by atoms with Crippen molar-refractivity contribution < 1.29 is 28.6 Å². The first-order chi connectivity index (χ1) is 13.5. The third-order valence-corrected chi connectivity index (χ3v) is 4.30. The number of ether oxygens (including phenoxy) is 2. The first-order valence-electron chi connectivity index (χ1n) is 8.99. The van der Waals surface area contributed by atoms with Crippen LogP contribution in [0.1, 0.15) is 18.9 Å². The van der Waals surface area contributed by atoms with Gasteiger partial charge in [-0.3, -0.25) is 9.59 Å². The van der Waals surface area contributed by atoms with Gasteiger partial charge in [0, 0.05) is 6.54 Å². The molecule has 0 radical (unpaired) electrons. The lowest BCUT2D eigenvalue weighted by Gasteiger charge is -2.20. The van der Waals surface area contributed by atoms with Gasteiger partial charge in [0.15, 0.2) is 17.7 Å². The van der Waals surface area contributed by atoms with Crippen molar-refractivity contribution in [3.05, 3.63) is 59.9 Å². The second kappa shape index (κ2) is 10.3. The number of carbonyl (C=O) groups is 2. The summed E-state index contributed by atoms with van der Waals surface area (Å²) < 4.78 is 24.4.